The molecule has 0 bridgehead atoms. The minimum absolute atomic E-state index is 0.106. The Bertz CT molecular complexity index is 1390. The molecule has 1 fully saturated rings. The summed E-state index contributed by atoms with van der Waals surface area (Å²) in [5, 5.41) is 3.89. The van der Waals surface area contributed by atoms with Crippen molar-refractivity contribution in [2.24, 2.45) is 4.99 Å². The summed E-state index contributed by atoms with van der Waals surface area (Å²) in [6.45, 7) is 2.89. The highest BCUT2D eigenvalue weighted by atomic mass is 32.2. The number of nitrogens with one attached hydrogen (secondary N) is 1. The second-order valence-electron chi connectivity index (χ2n) is 9.24. The minimum atomic E-state index is -0.364. The van der Waals surface area contributed by atoms with Gasteiger partial charge in [0, 0.05) is 23.5 Å². The van der Waals surface area contributed by atoms with Crippen LogP contribution in [0.25, 0.3) is 5.70 Å². The van der Waals surface area contributed by atoms with Gasteiger partial charge in [0.15, 0.2) is 5.17 Å². The number of nitrogens with zero attached hydrogens (tertiary/aromatic N) is 2. The van der Waals surface area contributed by atoms with E-state index in [1.165, 1.54) is 0 Å². The number of hydrogen-bond donors (Lipinski definition) is 1. The van der Waals surface area contributed by atoms with Crippen molar-refractivity contribution in [2.45, 2.75) is 25.8 Å². The van der Waals surface area contributed by atoms with Crippen LogP contribution in [0.4, 0.5) is 5.69 Å². The van der Waals surface area contributed by atoms with Crippen LogP contribution in [-0.4, -0.2) is 48.0 Å². The Labute approximate surface area is 232 Å². The van der Waals surface area contributed by atoms with Gasteiger partial charge in [-0.25, -0.2) is 9.79 Å². The number of anilines is 1. The maximum absolute atomic E-state index is 13.4. The van der Waals surface area contributed by atoms with Gasteiger partial charge in [-0.1, -0.05) is 66.4 Å². The molecule has 200 valence electrons. The fourth-order valence-corrected chi connectivity index (χ4v) is 5.79. The van der Waals surface area contributed by atoms with Gasteiger partial charge in [-0.3, -0.25) is 4.79 Å². The molecule has 3 aromatic rings. The molecule has 0 aliphatic carbocycles. The molecule has 2 aliphatic rings. The molecular formula is C31H31N3O4S. The molecule has 3 aromatic carbocycles. The summed E-state index contributed by atoms with van der Waals surface area (Å²) < 4.78 is 10.7. The molecular weight excluding hydrogens is 510 g/mol. The first-order valence-corrected chi connectivity index (χ1v) is 14.0. The zero-order valence-electron chi connectivity index (χ0n) is 22.1. The fraction of sp³-hybridized carbons (Fsp3) is 0.258. The van der Waals surface area contributed by atoms with E-state index in [-0.39, 0.29) is 30.9 Å². The highest BCUT2D eigenvalue weighted by Crippen LogP contribution is 2.43. The highest BCUT2D eigenvalue weighted by molar-refractivity contribution is 8.13. The second kappa shape index (κ2) is 12.2. The van der Waals surface area contributed by atoms with Gasteiger partial charge in [-0.2, -0.15) is 0 Å². The number of aliphatic imine (C=N–C) groups is 1. The summed E-state index contributed by atoms with van der Waals surface area (Å²) in [4.78, 5) is 33.3. The van der Waals surface area contributed by atoms with E-state index in [1.54, 1.807) is 18.9 Å². The maximum atomic E-state index is 13.4. The van der Waals surface area contributed by atoms with Crippen LogP contribution in [-0.2, 0) is 20.7 Å². The van der Waals surface area contributed by atoms with Crippen LogP contribution >= 0.6 is 11.8 Å². The first-order chi connectivity index (χ1) is 19.1. The van der Waals surface area contributed by atoms with Crippen LogP contribution in [0.1, 0.15) is 36.1 Å². The number of rotatable bonds is 8. The van der Waals surface area contributed by atoms with Crippen molar-refractivity contribution < 1.29 is 19.1 Å². The molecule has 0 spiro atoms. The molecule has 5 rings (SSSR count). The van der Waals surface area contributed by atoms with Crippen LogP contribution in [0.2, 0.25) is 0 Å². The van der Waals surface area contributed by atoms with Gasteiger partial charge in [-0.15, -0.1) is 0 Å². The first kappa shape index (κ1) is 26.6. The smallest absolute Gasteiger partial charge is 0.338 e. The molecule has 1 amide bonds. The predicted molar refractivity (Wildman–Crippen MR) is 156 cm³/mol. The Hall–Kier alpha value is -4.04. The molecule has 2 heterocycles. The lowest BCUT2D eigenvalue weighted by molar-refractivity contribution is -0.139. The van der Waals surface area contributed by atoms with Crippen LogP contribution in [0.15, 0.2) is 89.4 Å². The van der Waals surface area contributed by atoms with E-state index in [4.69, 9.17) is 14.5 Å². The number of amides is 1. The number of fused-ring (bicyclic) bond motifs is 1. The summed E-state index contributed by atoms with van der Waals surface area (Å²) in [5.74, 6) is 1.27. The van der Waals surface area contributed by atoms with Crippen molar-refractivity contribution in [1.82, 2.24) is 4.90 Å². The number of esters is 1. The van der Waals surface area contributed by atoms with E-state index < -0.39 is 0 Å². The Kier molecular flexibility index (Phi) is 8.32. The van der Waals surface area contributed by atoms with Crippen molar-refractivity contribution in [1.29, 1.82) is 0 Å². The van der Waals surface area contributed by atoms with Gasteiger partial charge < -0.3 is 19.7 Å². The van der Waals surface area contributed by atoms with Gasteiger partial charge in [0.05, 0.1) is 37.4 Å². The maximum Gasteiger partial charge on any atom is 0.338 e. The Morgan fingerprint density at radius 2 is 1.77 bits per heavy atom. The monoisotopic (exact) mass is 541 g/mol. The summed E-state index contributed by atoms with van der Waals surface area (Å²) in [6.07, 6.45) is 1.26. The number of amidine groups is 1. The fourth-order valence-electron chi connectivity index (χ4n) is 4.82. The molecule has 1 saturated heterocycles. The molecule has 0 saturated carbocycles. The van der Waals surface area contributed by atoms with E-state index in [1.807, 2.05) is 85.8 Å². The third-order valence-electron chi connectivity index (χ3n) is 6.64. The zero-order valence-corrected chi connectivity index (χ0v) is 22.9. The summed E-state index contributed by atoms with van der Waals surface area (Å²) in [7, 11) is 1.62. The number of thioether (sulfide) groups is 1. The molecule has 39 heavy (non-hydrogen) atoms. The van der Waals surface area contributed by atoms with Gasteiger partial charge in [0.2, 0.25) is 5.91 Å². The van der Waals surface area contributed by atoms with E-state index in [2.05, 4.69) is 10.2 Å². The number of carbonyl (C=O) groups is 2. The molecule has 1 unspecified atom stereocenters. The average molecular weight is 542 g/mol. The molecule has 8 heteroatoms. The topological polar surface area (TPSA) is 80.2 Å². The van der Waals surface area contributed by atoms with Crippen molar-refractivity contribution in [2.75, 3.05) is 31.3 Å². The average Bonchev–Trinajstić information content (AvgIpc) is 2.97. The van der Waals surface area contributed by atoms with E-state index in [9.17, 15) is 9.59 Å². The third-order valence-corrected chi connectivity index (χ3v) is 7.72. The lowest BCUT2D eigenvalue weighted by atomic mass is 9.91. The number of benzene rings is 3. The van der Waals surface area contributed by atoms with Crippen LogP contribution < -0.4 is 10.1 Å². The Morgan fingerprint density at radius 3 is 2.46 bits per heavy atom. The summed E-state index contributed by atoms with van der Waals surface area (Å²) >= 11 is 1.71. The van der Waals surface area contributed by atoms with Gasteiger partial charge in [0.25, 0.3) is 0 Å². The molecule has 0 aromatic heterocycles. The van der Waals surface area contributed by atoms with Gasteiger partial charge in [-0.05, 0) is 48.7 Å². The quantitative estimate of drug-likeness (QED) is 0.369. The largest absolute Gasteiger partial charge is 0.497 e. The van der Waals surface area contributed by atoms with E-state index in [0.29, 0.717) is 17.0 Å². The third kappa shape index (κ3) is 6.01. The first-order valence-electron chi connectivity index (χ1n) is 13.0. The lowest BCUT2D eigenvalue weighted by Gasteiger charge is -2.41. The van der Waals surface area contributed by atoms with Crippen LogP contribution in [0.3, 0.4) is 0 Å². The number of carbonyl (C=O) groups excluding carboxylic acids is 2. The Morgan fingerprint density at radius 1 is 1.03 bits per heavy atom. The molecule has 7 nitrogen and oxygen atoms in total. The van der Waals surface area contributed by atoms with E-state index >= 15 is 0 Å². The highest BCUT2D eigenvalue weighted by Gasteiger charge is 2.39. The zero-order chi connectivity index (χ0) is 27.2. The number of methoxy groups -OCH3 is 1. The Balaban J connectivity index is 1.44. The summed E-state index contributed by atoms with van der Waals surface area (Å²) in [6, 6.07) is 24.6. The van der Waals surface area contributed by atoms with Crippen molar-refractivity contribution >= 4 is 40.2 Å². The predicted octanol–water partition coefficient (Wildman–Crippen LogP) is 5.70. The molecule has 0 radical (unpaired) electrons. The van der Waals surface area contributed by atoms with Crippen LogP contribution in [0, 0.1) is 0 Å². The van der Waals surface area contributed by atoms with Crippen molar-refractivity contribution in [3.05, 3.63) is 101 Å². The van der Waals surface area contributed by atoms with Crippen molar-refractivity contribution in [3.63, 3.8) is 0 Å². The molecule has 1 atom stereocenters. The number of ether oxygens (including phenoxy) is 2. The minimum Gasteiger partial charge on any atom is -0.497 e. The van der Waals surface area contributed by atoms with E-state index in [0.717, 1.165) is 46.3 Å². The lowest BCUT2D eigenvalue weighted by Crippen LogP contribution is -2.42. The standard InChI is InChI=1S/C31H31N3O4S/c1-3-38-30(36)27-28(22-8-5-4-6-9-22)33-31-34(18-7-19-39-31)29(27)23-12-14-24(15-13-23)32-26(35)20-21-10-16-25(37-2)17-11-21/h4-6,8-17,29H,3,7,18-20H2,1-2H3,(H,32,35). The van der Waals surface area contributed by atoms with Gasteiger partial charge in [0.1, 0.15) is 5.75 Å². The summed E-state index contributed by atoms with van der Waals surface area (Å²) in [5.41, 5.74) is 4.60. The number of hydrogen-bond acceptors (Lipinski definition) is 7. The van der Waals surface area contributed by atoms with Crippen molar-refractivity contribution in [3.8, 4) is 5.75 Å². The normalized spacial score (nSPS) is 16.7. The molecule has 1 N–H and O–H groups in total. The van der Waals surface area contributed by atoms with Crippen LogP contribution in [0.5, 0.6) is 5.75 Å². The molecule has 2 aliphatic heterocycles. The second-order valence-corrected chi connectivity index (χ2v) is 10.3. The van der Waals surface area contributed by atoms with Gasteiger partial charge >= 0.3 is 5.97 Å². The SMILES string of the molecule is CCOC(=O)C1=C(c2ccccc2)N=C2SCCCN2C1c1ccc(NC(=O)Cc2ccc(OC)cc2)cc1.